The molecule has 74 heavy (non-hydrogen) atoms. The minimum atomic E-state index is -5.00. The summed E-state index contributed by atoms with van der Waals surface area (Å²) in [5.41, 5.74) is 2.11. The Morgan fingerprint density at radius 1 is 0.919 bits per heavy atom. The largest absolute Gasteiger partial charge is 0.573 e. The van der Waals surface area contributed by atoms with Crippen LogP contribution in [-0.4, -0.2) is 106 Å². The number of hydrogen-bond acceptors (Lipinski definition) is 13. The van der Waals surface area contributed by atoms with Gasteiger partial charge in [0.2, 0.25) is 29.0 Å². The summed E-state index contributed by atoms with van der Waals surface area (Å²) in [5.74, 6) is -3.00. The van der Waals surface area contributed by atoms with Crippen LogP contribution < -0.4 is 39.9 Å². The fourth-order valence-electron chi connectivity index (χ4n) is 10.3. The molecule has 22 heteroatoms. The van der Waals surface area contributed by atoms with E-state index in [1.807, 2.05) is 23.1 Å². The number of alkyl halides is 3. The highest BCUT2D eigenvalue weighted by atomic mass is 19.4. The van der Waals surface area contributed by atoms with Gasteiger partial charge in [-0.25, -0.2) is 14.4 Å². The SMILES string of the molecule is COc1cc2c(Oc3ccc(NC(=O)c4c(C)n(C)c5ccc(OC(F)(F)F)cc5c4=O)cc3F)ncnc2cc1OCCCC(=O)N1CC2(CCN(c3ccc4c(c3)CN(C3CCC(=O)NC3=O)C4=O)CC2)C1. The van der Waals surface area contributed by atoms with E-state index in [4.69, 9.17) is 14.2 Å². The number of ether oxygens (including phenoxy) is 4. The molecule has 6 heterocycles. The predicted molar refractivity (Wildman–Crippen MR) is 259 cm³/mol. The first-order valence-corrected chi connectivity index (χ1v) is 23.8. The van der Waals surface area contributed by atoms with E-state index in [-0.39, 0.29) is 82.1 Å². The number of aromatic nitrogens is 3. The Labute approximate surface area is 419 Å². The molecule has 10 rings (SSSR count). The smallest absolute Gasteiger partial charge is 0.493 e. The highest BCUT2D eigenvalue weighted by Gasteiger charge is 2.47. The second-order valence-corrected chi connectivity index (χ2v) is 18.9. The molecule has 4 aliphatic rings. The van der Waals surface area contributed by atoms with Crippen LogP contribution in [0.5, 0.6) is 28.9 Å². The number of hydrogen-bond donors (Lipinski definition) is 2. The lowest BCUT2D eigenvalue weighted by molar-refractivity contribution is -0.274. The van der Waals surface area contributed by atoms with Gasteiger partial charge in [-0.2, -0.15) is 0 Å². The molecule has 2 N–H and O–H groups in total. The second-order valence-electron chi connectivity index (χ2n) is 18.9. The molecule has 4 aromatic carbocycles. The number of aryl methyl sites for hydroxylation is 1. The van der Waals surface area contributed by atoms with Crippen molar-refractivity contribution in [2.24, 2.45) is 12.5 Å². The van der Waals surface area contributed by atoms with E-state index in [1.54, 1.807) is 24.1 Å². The third kappa shape index (κ3) is 9.58. The number of pyridine rings is 1. The van der Waals surface area contributed by atoms with Crippen molar-refractivity contribution in [1.29, 1.82) is 0 Å². The van der Waals surface area contributed by atoms with Gasteiger partial charge in [-0.3, -0.25) is 34.1 Å². The van der Waals surface area contributed by atoms with E-state index < -0.39 is 41.2 Å². The van der Waals surface area contributed by atoms with Gasteiger partial charge in [0.05, 0.1) is 35.5 Å². The average Bonchev–Trinajstić information content (AvgIpc) is 3.68. The van der Waals surface area contributed by atoms with Crippen LogP contribution in [0.3, 0.4) is 0 Å². The van der Waals surface area contributed by atoms with E-state index in [9.17, 15) is 41.9 Å². The minimum Gasteiger partial charge on any atom is -0.493 e. The first-order valence-electron chi connectivity index (χ1n) is 23.8. The van der Waals surface area contributed by atoms with Crippen molar-refractivity contribution < 1.29 is 60.5 Å². The third-order valence-electron chi connectivity index (χ3n) is 14.3. The van der Waals surface area contributed by atoms with Crippen molar-refractivity contribution in [3.8, 4) is 28.9 Å². The van der Waals surface area contributed by atoms with Gasteiger partial charge in [-0.1, -0.05) is 0 Å². The number of carbonyl (C=O) groups is 5. The fraction of sp³-hybridized carbons (Fsp3) is 0.346. The van der Waals surface area contributed by atoms with Gasteiger partial charge >= 0.3 is 6.36 Å². The van der Waals surface area contributed by atoms with Crippen molar-refractivity contribution in [2.75, 3.05) is 50.1 Å². The molecule has 5 amide bonds. The maximum absolute atomic E-state index is 15.6. The van der Waals surface area contributed by atoms with Gasteiger partial charge < -0.3 is 43.5 Å². The van der Waals surface area contributed by atoms with Crippen LogP contribution in [0.1, 0.15) is 70.5 Å². The summed E-state index contributed by atoms with van der Waals surface area (Å²) in [6.45, 7) is 4.99. The molecule has 3 saturated heterocycles. The number of anilines is 2. The minimum absolute atomic E-state index is 0.0238. The average molecular weight is 1020 g/mol. The number of nitrogens with one attached hydrogen (secondary N) is 2. The Morgan fingerprint density at radius 3 is 2.43 bits per heavy atom. The number of imide groups is 1. The third-order valence-corrected chi connectivity index (χ3v) is 14.3. The molecule has 384 valence electrons. The molecule has 6 aromatic rings. The molecule has 0 radical (unpaired) electrons. The van der Waals surface area contributed by atoms with Gasteiger partial charge in [0, 0.05) is 92.8 Å². The summed E-state index contributed by atoms with van der Waals surface area (Å²) >= 11 is 0. The Kier molecular flexibility index (Phi) is 12.8. The number of likely N-dealkylation sites (tertiary alicyclic amines) is 1. The highest BCUT2D eigenvalue weighted by Crippen LogP contribution is 2.43. The number of halogens is 4. The monoisotopic (exact) mass is 1020 g/mol. The molecule has 3 fully saturated rings. The second kappa shape index (κ2) is 19.3. The van der Waals surface area contributed by atoms with Crippen LogP contribution in [0.25, 0.3) is 21.8 Å². The maximum atomic E-state index is 15.6. The Balaban J connectivity index is 0.708. The summed E-state index contributed by atoms with van der Waals surface area (Å²) in [4.78, 5) is 91.7. The van der Waals surface area contributed by atoms with E-state index in [0.717, 1.165) is 55.4 Å². The van der Waals surface area contributed by atoms with Gasteiger partial charge in [0.15, 0.2) is 23.1 Å². The molecule has 1 atom stereocenters. The van der Waals surface area contributed by atoms with Gasteiger partial charge in [0.25, 0.3) is 11.8 Å². The Bertz CT molecular complexity index is 3370. The first kappa shape index (κ1) is 49.3. The standard InChI is InChI=1S/C52H48F4N8O10/c1-28-45(46(67)35-21-32(74-52(54,55)56)8-10-38(35)61(28)2)48(69)59-30-6-12-40(36(53)20-30)73-49-34-22-41(71-3)42(23-37(34)57-27-58-49)72-18-4-5-44(66)63-25-51(26-63)14-16-62(17-15-51)31-7-9-33-29(19-31)24-64(50(33)70)39-11-13-43(65)60-47(39)68/h6-10,12,19-23,27,39H,4-5,11,13-18,24-26H2,1-3H3,(H,59,69)(H,60,65,68). The Hall–Kier alpha value is -8.30. The summed E-state index contributed by atoms with van der Waals surface area (Å²) in [7, 11) is 2.99. The lowest BCUT2D eigenvalue weighted by atomic mass is 9.71. The van der Waals surface area contributed by atoms with Gasteiger partial charge in [-0.15, -0.1) is 13.2 Å². The molecular formula is C52H48F4N8O10. The van der Waals surface area contributed by atoms with Crippen LogP contribution in [0, 0.1) is 18.2 Å². The lowest BCUT2D eigenvalue weighted by Gasteiger charge is -2.54. The van der Waals surface area contributed by atoms with Gasteiger partial charge in [0.1, 0.15) is 23.7 Å². The zero-order valence-corrected chi connectivity index (χ0v) is 40.3. The number of amides is 5. The number of benzene rings is 4. The van der Waals surface area contributed by atoms with E-state index in [0.29, 0.717) is 60.4 Å². The number of fused-ring (bicyclic) bond motifs is 3. The molecule has 4 aliphatic heterocycles. The number of nitrogens with zero attached hydrogens (tertiary/aromatic N) is 6. The zero-order valence-electron chi connectivity index (χ0n) is 40.3. The number of carbonyl (C=O) groups excluding carboxylic acids is 5. The van der Waals surface area contributed by atoms with E-state index in [2.05, 4.69) is 30.2 Å². The van der Waals surface area contributed by atoms with Crippen LogP contribution in [-0.2, 0) is 28.0 Å². The normalized spacial score (nSPS) is 17.3. The molecule has 18 nitrogen and oxygen atoms in total. The predicted octanol–water partition coefficient (Wildman–Crippen LogP) is 6.93. The van der Waals surface area contributed by atoms with Crippen molar-refractivity contribution in [3.05, 3.63) is 111 Å². The van der Waals surface area contributed by atoms with Crippen molar-refractivity contribution in [2.45, 2.75) is 64.4 Å². The molecule has 2 aromatic heterocycles. The summed E-state index contributed by atoms with van der Waals surface area (Å²) < 4.78 is 77.3. The fourth-order valence-corrected chi connectivity index (χ4v) is 10.3. The summed E-state index contributed by atoms with van der Waals surface area (Å²) in [6.07, 6.45) is -0.716. The molecule has 0 bridgehead atoms. The quantitative estimate of drug-likeness (QED) is 0.0686. The Morgan fingerprint density at radius 2 is 1.70 bits per heavy atom. The van der Waals surface area contributed by atoms with E-state index >= 15 is 4.39 Å². The number of methoxy groups -OCH3 is 1. The lowest BCUT2D eigenvalue weighted by Crippen LogP contribution is -2.61. The number of piperidine rings is 2. The maximum Gasteiger partial charge on any atom is 0.573 e. The van der Waals surface area contributed by atoms with Gasteiger partial charge in [-0.05, 0) is 92.8 Å². The molecule has 0 aliphatic carbocycles. The molecular weight excluding hydrogens is 973 g/mol. The van der Waals surface area contributed by atoms with Crippen LogP contribution in [0.4, 0.5) is 28.9 Å². The molecule has 1 unspecified atom stereocenters. The van der Waals surface area contributed by atoms with Crippen molar-refractivity contribution in [1.82, 2.24) is 29.7 Å². The van der Waals surface area contributed by atoms with Crippen molar-refractivity contribution in [3.63, 3.8) is 0 Å². The topological polar surface area (TPSA) is 204 Å². The molecule has 0 saturated carbocycles. The summed E-state index contributed by atoms with van der Waals surface area (Å²) in [5, 5.41) is 4.99. The van der Waals surface area contributed by atoms with Crippen molar-refractivity contribution >= 4 is 62.7 Å². The van der Waals surface area contributed by atoms with E-state index in [1.165, 1.54) is 43.1 Å². The van der Waals surface area contributed by atoms with Crippen LogP contribution in [0.2, 0.25) is 0 Å². The summed E-state index contributed by atoms with van der Waals surface area (Å²) in [6, 6.07) is 15.1. The van der Waals surface area contributed by atoms with Crippen LogP contribution in [0.15, 0.2) is 77.9 Å². The molecule has 1 spiro atoms. The number of rotatable bonds is 13. The first-order chi connectivity index (χ1) is 35.4. The highest BCUT2D eigenvalue weighted by molar-refractivity contribution is 6.07. The zero-order chi connectivity index (χ0) is 52.2. The van der Waals surface area contributed by atoms with Crippen LogP contribution >= 0.6 is 0 Å².